The summed E-state index contributed by atoms with van der Waals surface area (Å²) < 4.78 is 0. The van der Waals surface area contributed by atoms with Crippen molar-refractivity contribution in [3.8, 4) is 0 Å². The van der Waals surface area contributed by atoms with Crippen LogP contribution in [-0.4, -0.2) is 22.5 Å². The summed E-state index contributed by atoms with van der Waals surface area (Å²) in [6.07, 6.45) is 6.77. The number of carbonyl (C=O) groups excluding carboxylic acids is 2. The maximum absolute atomic E-state index is 10.9. The number of aldehydes is 2. The van der Waals surface area contributed by atoms with E-state index in [-0.39, 0.29) is 0 Å². The van der Waals surface area contributed by atoms with Crippen molar-refractivity contribution in [3.63, 3.8) is 0 Å². The van der Waals surface area contributed by atoms with Crippen molar-refractivity contribution >= 4 is 34.2 Å². The highest BCUT2D eigenvalue weighted by Crippen LogP contribution is 2.39. The van der Waals surface area contributed by atoms with E-state index < -0.39 is 0 Å². The summed E-state index contributed by atoms with van der Waals surface area (Å²) in [5.41, 5.74) is 1.33. The minimum Gasteiger partial charge on any atom is -0.351 e. The number of benzene rings is 2. The molecule has 0 unspecified atom stereocenters. The fourth-order valence-corrected chi connectivity index (χ4v) is 3.93. The van der Waals surface area contributed by atoms with Crippen LogP contribution in [-0.2, 0) is 0 Å². The first kappa shape index (κ1) is 17.1. The topological polar surface area (TPSA) is 62.8 Å². The molecule has 4 nitrogen and oxygen atoms in total. The second kappa shape index (κ2) is 9.66. The van der Waals surface area contributed by atoms with Crippen LogP contribution in [0.15, 0.2) is 77.0 Å². The lowest BCUT2D eigenvalue weighted by Crippen LogP contribution is -1.84. The van der Waals surface area contributed by atoms with Crippen molar-refractivity contribution in [2.75, 3.05) is 0 Å². The largest absolute Gasteiger partial charge is 0.351 e. The van der Waals surface area contributed by atoms with Gasteiger partial charge in [-0.1, -0.05) is 58.0 Å². The molecular formula is C17H14N2O2S2. The number of nitrogens with one attached hydrogen (secondary N) is 1. The predicted molar refractivity (Wildman–Crippen MR) is 94.0 cm³/mol. The molecule has 0 radical (unpaired) electrons. The maximum Gasteiger partial charge on any atom is 0.151 e. The Balaban J connectivity index is 0.000000326. The average Bonchev–Trinajstić information content (AvgIpc) is 3.20. The van der Waals surface area contributed by atoms with Gasteiger partial charge in [0.25, 0.3) is 0 Å². The van der Waals surface area contributed by atoms with Crippen LogP contribution in [0.3, 0.4) is 0 Å². The summed E-state index contributed by atoms with van der Waals surface area (Å²) in [4.78, 5) is 30.0. The lowest BCUT2D eigenvalue weighted by molar-refractivity contribution is 0.111. The van der Waals surface area contributed by atoms with Crippen LogP contribution in [0.4, 0.5) is 0 Å². The molecule has 0 amide bonds. The van der Waals surface area contributed by atoms with Crippen molar-refractivity contribution in [3.05, 3.63) is 78.4 Å². The molecule has 0 aliphatic heterocycles. The molecule has 3 rings (SSSR count). The Morgan fingerprint density at radius 1 is 0.826 bits per heavy atom. The van der Waals surface area contributed by atoms with E-state index >= 15 is 0 Å². The van der Waals surface area contributed by atoms with Gasteiger partial charge in [-0.3, -0.25) is 9.59 Å². The van der Waals surface area contributed by atoms with Gasteiger partial charge in [0.2, 0.25) is 0 Å². The van der Waals surface area contributed by atoms with E-state index in [1.807, 2.05) is 36.4 Å². The summed E-state index contributed by atoms with van der Waals surface area (Å²) in [5.74, 6) is 0. The Morgan fingerprint density at radius 2 is 1.35 bits per heavy atom. The molecule has 0 bridgehead atoms. The number of hydrogen-bond acceptors (Lipinski definition) is 5. The monoisotopic (exact) mass is 342 g/mol. The van der Waals surface area contributed by atoms with Crippen molar-refractivity contribution in [2.24, 2.45) is 0 Å². The molecule has 0 saturated heterocycles. The van der Waals surface area contributed by atoms with Crippen LogP contribution in [0.25, 0.3) is 0 Å². The lowest BCUT2D eigenvalue weighted by atomic mass is 10.2. The number of imidazole rings is 1. The number of hydrogen-bond donors (Lipinski definition) is 1. The molecule has 0 saturated carbocycles. The van der Waals surface area contributed by atoms with Crippen LogP contribution in [0.5, 0.6) is 0 Å². The van der Waals surface area contributed by atoms with Gasteiger partial charge in [-0.15, -0.1) is 0 Å². The first-order valence-corrected chi connectivity index (χ1v) is 8.86. The highest BCUT2D eigenvalue weighted by atomic mass is 33.1. The highest BCUT2D eigenvalue weighted by molar-refractivity contribution is 8.76. The van der Waals surface area contributed by atoms with Gasteiger partial charge in [-0.25, -0.2) is 4.98 Å². The molecule has 1 N–H and O–H groups in total. The number of rotatable bonds is 5. The third kappa shape index (κ3) is 5.43. The molecule has 1 aromatic heterocycles. The van der Waals surface area contributed by atoms with E-state index in [0.717, 1.165) is 22.4 Å². The quantitative estimate of drug-likeness (QED) is 0.545. The van der Waals surface area contributed by atoms with Gasteiger partial charge in [-0.2, -0.15) is 0 Å². The van der Waals surface area contributed by atoms with Crippen LogP contribution in [0, 0.1) is 0 Å². The second-order valence-electron chi connectivity index (χ2n) is 4.24. The Kier molecular flexibility index (Phi) is 7.16. The van der Waals surface area contributed by atoms with Crippen molar-refractivity contribution in [2.45, 2.75) is 9.79 Å². The minimum absolute atomic E-state index is 0.665. The van der Waals surface area contributed by atoms with Crippen LogP contribution < -0.4 is 0 Å². The van der Waals surface area contributed by atoms with E-state index in [0.29, 0.717) is 11.1 Å². The van der Waals surface area contributed by atoms with E-state index in [9.17, 15) is 9.59 Å². The zero-order chi connectivity index (χ0) is 16.3. The van der Waals surface area contributed by atoms with Gasteiger partial charge in [-0.05, 0) is 12.1 Å². The summed E-state index contributed by atoms with van der Waals surface area (Å²) in [5, 5.41) is 0. The Labute approximate surface area is 142 Å². The van der Waals surface area contributed by atoms with Crippen LogP contribution in [0.2, 0.25) is 0 Å². The Hall–Kier alpha value is -2.31. The standard InChI is InChI=1S/C14H10O2S2.C3H4N2/c15-9-11-5-1-3-7-13(11)17-18-14-8-4-2-6-12(14)10-16;1-2-5-3-4-1/h1-10H;1-3H,(H,4,5). The lowest BCUT2D eigenvalue weighted by Gasteiger charge is -2.05. The zero-order valence-corrected chi connectivity index (χ0v) is 13.7. The molecule has 2 aromatic carbocycles. The van der Waals surface area contributed by atoms with Crippen LogP contribution >= 0.6 is 21.6 Å². The molecule has 116 valence electrons. The first-order chi connectivity index (χ1) is 11.3. The first-order valence-electron chi connectivity index (χ1n) is 6.71. The summed E-state index contributed by atoms with van der Waals surface area (Å²) in [6.45, 7) is 0. The van der Waals surface area contributed by atoms with E-state index in [4.69, 9.17) is 0 Å². The second-order valence-corrected chi connectivity index (χ2v) is 6.45. The van der Waals surface area contributed by atoms with E-state index in [1.165, 1.54) is 21.6 Å². The molecular weight excluding hydrogens is 328 g/mol. The fraction of sp³-hybridized carbons (Fsp3) is 0. The Bertz CT molecular complexity index is 677. The third-order valence-corrected chi connectivity index (χ3v) is 5.23. The normalized spacial score (nSPS) is 9.57. The third-order valence-electron chi connectivity index (χ3n) is 2.72. The smallest absolute Gasteiger partial charge is 0.151 e. The predicted octanol–water partition coefficient (Wildman–Crippen LogP) is 4.52. The van der Waals surface area contributed by atoms with Crippen molar-refractivity contribution in [1.82, 2.24) is 9.97 Å². The molecule has 0 aliphatic carbocycles. The van der Waals surface area contributed by atoms with Gasteiger partial charge in [0.1, 0.15) is 0 Å². The highest BCUT2D eigenvalue weighted by Gasteiger charge is 2.05. The molecule has 6 heteroatoms. The molecule has 23 heavy (non-hydrogen) atoms. The summed E-state index contributed by atoms with van der Waals surface area (Å²) in [6, 6.07) is 14.8. The fourth-order valence-electron chi connectivity index (χ4n) is 1.61. The number of aromatic nitrogens is 2. The number of aromatic amines is 1. The molecule has 0 fully saturated rings. The molecule has 3 aromatic rings. The van der Waals surface area contributed by atoms with Gasteiger partial charge < -0.3 is 4.98 Å². The molecule has 0 atom stereocenters. The van der Waals surface area contributed by atoms with Crippen LogP contribution in [0.1, 0.15) is 20.7 Å². The molecule has 0 spiro atoms. The van der Waals surface area contributed by atoms with Gasteiger partial charge in [0, 0.05) is 33.3 Å². The van der Waals surface area contributed by atoms with Crippen molar-refractivity contribution in [1.29, 1.82) is 0 Å². The van der Waals surface area contributed by atoms with E-state index in [2.05, 4.69) is 9.97 Å². The number of carbonyl (C=O) groups is 2. The zero-order valence-electron chi connectivity index (χ0n) is 12.1. The molecule has 0 aliphatic rings. The van der Waals surface area contributed by atoms with Gasteiger partial charge in [0.05, 0.1) is 6.33 Å². The van der Waals surface area contributed by atoms with E-state index in [1.54, 1.807) is 30.9 Å². The average molecular weight is 342 g/mol. The van der Waals surface area contributed by atoms with Gasteiger partial charge >= 0.3 is 0 Å². The number of H-pyrrole nitrogens is 1. The Morgan fingerprint density at radius 3 is 1.70 bits per heavy atom. The number of nitrogens with zero attached hydrogens (tertiary/aromatic N) is 1. The minimum atomic E-state index is 0.665. The SMILES string of the molecule is O=Cc1ccccc1SSc1ccccc1C=O.c1c[nH]cn1. The van der Waals surface area contributed by atoms with Crippen molar-refractivity contribution < 1.29 is 9.59 Å². The summed E-state index contributed by atoms with van der Waals surface area (Å²) >= 11 is 0. The van der Waals surface area contributed by atoms with Gasteiger partial charge in [0.15, 0.2) is 12.6 Å². The summed E-state index contributed by atoms with van der Waals surface area (Å²) in [7, 11) is 2.96. The molecule has 1 heterocycles. The maximum atomic E-state index is 10.9.